The molecule has 0 saturated heterocycles. The van der Waals surface area contributed by atoms with Crippen LogP contribution >= 0.6 is 0 Å². The molecule has 1 saturated carbocycles. The van der Waals surface area contributed by atoms with E-state index in [9.17, 15) is 14.7 Å². The highest BCUT2D eigenvalue weighted by atomic mass is 16.5. The van der Waals surface area contributed by atoms with Gasteiger partial charge in [-0.3, -0.25) is 4.79 Å². The molecule has 4 nitrogen and oxygen atoms in total. The summed E-state index contributed by atoms with van der Waals surface area (Å²) in [4.78, 5) is 21.8. The van der Waals surface area contributed by atoms with Gasteiger partial charge in [-0.2, -0.15) is 0 Å². The molecule has 0 unspecified atom stereocenters. The van der Waals surface area contributed by atoms with Crippen LogP contribution in [0.4, 0.5) is 0 Å². The third kappa shape index (κ3) is 1.95. The molecule has 0 aliphatic heterocycles. The van der Waals surface area contributed by atoms with Gasteiger partial charge in [0.15, 0.2) is 0 Å². The topological polar surface area (TPSA) is 63.6 Å². The van der Waals surface area contributed by atoms with Crippen molar-refractivity contribution in [3.8, 4) is 0 Å². The molecule has 0 bridgehead atoms. The van der Waals surface area contributed by atoms with Gasteiger partial charge >= 0.3 is 5.97 Å². The minimum Gasteiger partial charge on any atom is -0.469 e. The third-order valence-electron chi connectivity index (χ3n) is 3.10. The van der Waals surface area contributed by atoms with Crippen molar-refractivity contribution in [3.63, 3.8) is 0 Å². The van der Waals surface area contributed by atoms with E-state index < -0.39 is 6.10 Å². The van der Waals surface area contributed by atoms with Crippen molar-refractivity contribution in [1.29, 1.82) is 0 Å². The molecule has 1 aliphatic carbocycles. The molecule has 4 heteroatoms. The zero-order chi connectivity index (χ0) is 10.7. The molecule has 1 rings (SSSR count). The number of methoxy groups -OCH3 is 1. The maximum atomic E-state index is 11.4. The van der Waals surface area contributed by atoms with E-state index in [1.165, 1.54) is 7.11 Å². The van der Waals surface area contributed by atoms with Crippen LogP contribution in [0.1, 0.15) is 19.8 Å². The molecule has 0 radical (unpaired) electrons. The molecule has 1 fully saturated rings. The zero-order valence-corrected chi connectivity index (χ0v) is 8.47. The van der Waals surface area contributed by atoms with E-state index in [0.717, 1.165) is 6.29 Å². The number of rotatable bonds is 3. The van der Waals surface area contributed by atoms with Crippen LogP contribution in [0.3, 0.4) is 0 Å². The number of aliphatic hydroxyl groups excluding tert-OH is 1. The predicted octanol–water partition coefficient (Wildman–Crippen LogP) is 0.381. The minimum atomic E-state index is -0.496. The largest absolute Gasteiger partial charge is 0.469 e. The number of carbonyl (C=O) groups is 2. The number of ether oxygens (including phenoxy) is 1. The van der Waals surface area contributed by atoms with Crippen LogP contribution < -0.4 is 0 Å². The summed E-state index contributed by atoms with van der Waals surface area (Å²) in [7, 11) is 1.33. The van der Waals surface area contributed by atoms with Crippen molar-refractivity contribution >= 4 is 12.3 Å². The first kappa shape index (κ1) is 11.2. The van der Waals surface area contributed by atoms with E-state index in [4.69, 9.17) is 0 Å². The molecule has 0 aromatic rings. The highest BCUT2D eigenvalue weighted by molar-refractivity contribution is 5.74. The van der Waals surface area contributed by atoms with Gasteiger partial charge < -0.3 is 14.6 Å². The van der Waals surface area contributed by atoms with Gasteiger partial charge in [0.2, 0.25) is 0 Å². The number of esters is 1. The van der Waals surface area contributed by atoms with Gasteiger partial charge in [0.05, 0.1) is 19.1 Å². The van der Waals surface area contributed by atoms with Crippen molar-refractivity contribution in [2.45, 2.75) is 25.9 Å². The first-order chi connectivity index (χ1) is 6.61. The summed E-state index contributed by atoms with van der Waals surface area (Å²) >= 11 is 0. The van der Waals surface area contributed by atoms with Gasteiger partial charge in [-0.15, -0.1) is 0 Å². The quantitative estimate of drug-likeness (QED) is 0.528. The molecule has 80 valence electrons. The Labute approximate surface area is 83.2 Å². The van der Waals surface area contributed by atoms with Crippen LogP contribution in [-0.4, -0.2) is 30.6 Å². The van der Waals surface area contributed by atoms with Gasteiger partial charge in [-0.05, 0) is 18.3 Å². The summed E-state index contributed by atoms with van der Waals surface area (Å²) in [5, 5.41) is 9.59. The van der Waals surface area contributed by atoms with Gasteiger partial charge in [0.25, 0.3) is 0 Å². The second-order valence-electron chi connectivity index (χ2n) is 3.87. The molecular formula is C10H16O4. The lowest BCUT2D eigenvalue weighted by Crippen LogP contribution is -2.27. The van der Waals surface area contributed by atoms with E-state index >= 15 is 0 Å². The average molecular weight is 200 g/mol. The summed E-state index contributed by atoms with van der Waals surface area (Å²) in [5.74, 6) is -0.835. The van der Waals surface area contributed by atoms with Crippen molar-refractivity contribution in [1.82, 2.24) is 0 Å². The second-order valence-corrected chi connectivity index (χ2v) is 3.87. The maximum absolute atomic E-state index is 11.4. The maximum Gasteiger partial charge on any atom is 0.309 e. The van der Waals surface area contributed by atoms with E-state index in [1.807, 2.05) is 6.92 Å². The summed E-state index contributed by atoms with van der Waals surface area (Å²) < 4.78 is 4.66. The number of carbonyl (C=O) groups excluding carboxylic acids is 2. The van der Waals surface area contributed by atoms with E-state index in [-0.39, 0.29) is 23.7 Å². The van der Waals surface area contributed by atoms with Crippen LogP contribution in [-0.2, 0) is 14.3 Å². The van der Waals surface area contributed by atoms with Gasteiger partial charge in [0.1, 0.15) is 6.29 Å². The average Bonchev–Trinajstić information content (AvgIpc) is 2.43. The minimum absolute atomic E-state index is 0.0649. The van der Waals surface area contributed by atoms with Crippen LogP contribution in [0.25, 0.3) is 0 Å². The molecule has 0 aromatic carbocycles. The molecule has 0 heterocycles. The number of aliphatic hydroxyl groups is 1. The van der Waals surface area contributed by atoms with Crippen molar-refractivity contribution < 1.29 is 19.4 Å². The molecular weight excluding hydrogens is 184 g/mol. The normalized spacial score (nSPS) is 36.8. The summed E-state index contributed by atoms with van der Waals surface area (Å²) in [6.45, 7) is 1.82. The smallest absolute Gasteiger partial charge is 0.309 e. The Kier molecular flexibility index (Phi) is 3.63. The van der Waals surface area contributed by atoms with Crippen LogP contribution in [0.15, 0.2) is 0 Å². The predicted molar refractivity (Wildman–Crippen MR) is 49.5 cm³/mol. The lowest BCUT2D eigenvalue weighted by molar-refractivity contribution is -0.148. The van der Waals surface area contributed by atoms with Gasteiger partial charge in [-0.25, -0.2) is 0 Å². The Morgan fingerprint density at radius 1 is 1.64 bits per heavy atom. The SMILES string of the molecule is COC(=O)[C@H]1[C@@H](CC=O)C[C@H](O)[C@@H]1C. The lowest BCUT2D eigenvalue weighted by Gasteiger charge is -2.18. The molecule has 1 N–H and O–H groups in total. The number of hydrogen-bond acceptors (Lipinski definition) is 4. The standard InChI is InChI=1S/C10H16O4/c1-6-8(12)5-7(3-4-11)9(6)10(13)14-2/h4,6-9,12H,3,5H2,1-2H3/t6-,7-,8-,9+/m0/s1. The highest BCUT2D eigenvalue weighted by Crippen LogP contribution is 2.39. The second kappa shape index (κ2) is 4.55. The van der Waals surface area contributed by atoms with E-state index in [2.05, 4.69) is 4.74 Å². The Morgan fingerprint density at radius 2 is 2.29 bits per heavy atom. The summed E-state index contributed by atoms with van der Waals surface area (Å²) in [6.07, 6.45) is 1.13. The molecule has 4 atom stereocenters. The molecule has 0 amide bonds. The highest BCUT2D eigenvalue weighted by Gasteiger charge is 2.44. The Morgan fingerprint density at radius 3 is 2.79 bits per heavy atom. The van der Waals surface area contributed by atoms with Crippen molar-refractivity contribution in [2.75, 3.05) is 7.11 Å². The molecule has 0 aromatic heterocycles. The zero-order valence-electron chi connectivity index (χ0n) is 8.47. The monoisotopic (exact) mass is 200 g/mol. The third-order valence-corrected chi connectivity index (χ3v) is 3.10. The first-order valence-electron chi connectivity index (χ1n) is 4.81. The fraction of sp³-hybridized carbons (Fsp3) is 0.800. The van der Waals surface area contributed by atoms with Gasteiger partial charge in [0, 0.05) is 6.42 Å². The molecule has 14 heavy (non-hydrogen) atoms. The van der Waals surface area contributed by atoms with E-state index in [1.54, 1.807) is 0 Å². The Bertz CT molecular complexity index is 226. The van der Waals surface area contributed by atoms with Crippen LogP contribution in [0.2, 0.25) is 0 Å². The first-order valence-corrected chi connectivity index (χ1v) is 4.81. The van der Waals surface area contributed by atoms with E-state index in [0.29, 0.717) is 12.8 Å². The molecule has 0 spiro atoms. The summed E-state index contributed by atoms with van der Waals surface area (Å²) in [6, 6.07) is 0. The number of hydrogen-bond donors (Lipinski definition) is 1. The summed E-state index contributed by atoms with van der Waals surface area (Å²) in [5.41, 5.74) is 0. The van der Waals surface area contributed by atoms with Crippen LogP contribution in [0, 0.1) is 17.8 Å². The van der Waals surface area contributed by atoms with Crippen molar-refractivity contribution in [3.05, 3.63) is 0 Å². The fourth-order valence-electron chi connectivity index (χ4n) is 2.25. The Hall–Kier alpha value is -0.900. The van der Waals surface area contributed by atoms with Crippen LogP contribution in [0.5, 0.6) is 0 Å². The van der Waals surface area contributed by atoms with Crippen molar-refractivity contribution in [2.24, 2.45) is 17.8 Å². The fourth-order valence-corrected chi connectivity index (χ4v) is 2.25. The van der Waals surface area contributed by atoms with Gasteiger partial charge in [-0.1, -0.05) is 6.92 Å². The Balaban J connectivity index is 2.75. The number of aldehydes is 1. The molecule has 1 aliphatic rings. The lowest BCUT2D eigenvalue weighted by atomic mass is 9.88.